The lowest BCUT2D eigenvalue weighted by Gasteiger charge is -2.36. The third kappa shape index (κ3) is 3.83. The Labute approximate surface area is 119 Å². The maximum atomic E-state index is 11.9. The number of rotatable bonds is 6. The number of aliphatic carboxylic acids is 1. The number of hydrogen-bond acceptors (Lipinski definition) is 2. The van der Waals surface area contributed by atoms with Gasteiger partial charge in [0, 0.05) is 20.0 Å². The number of nitrogens with zero attached hydrogens (tertiary/aromatic N) is 1. The van der Waals surface area contributed by atoms with Crippen molar-refractivity contribution in [1.82, 2.24) is 4.90 Å². The van der Waals surface area contributed by atoms with Crippen LogP contribution in [0.5, 0.6) is 0 Å². The van der Waals surface area contributed by atoms with Crippen LogP contribution >= 0.6 is 0 Å². The van der Waals surface area contributed by atoms with Crippen LogP contribution in [0, 0.1) is 5.92 Å². The van der Waals surface area contributed by atoms with Gasteiger partial charge in [-0.2, -0.15) is 0 Å². The van der Waals surface area contributed by atoms with Crippen LogP contribution in [0.1, 0.15) is 37.2 Å². The predicted octanol–water partition coefficient (Wildman–Crippen LogP) is 2.50. The van der Waals surface area contributed by atoms with E-state index in [1.165, 1.54) is 10.5 Å². The molecule has 4 heteroatoms. The minimum Gasteiger partial charge on any atom is -0.481 e. The molecule has 20 heavy (non-hydrogen) atoms. The van der Waals surface area contributed by atoms with E-state index in [4.69, 9.17) is 5.11 Å². The van der Waals surface area contributed by atoms with E-state index >= 15 is 0 Å². The molecule has 1 amide bonds. The zero-order valence-electron chi connectivity index (χ0n) is 11.8. The van der Waals surface area contributed by atoms with Crippen LogP contribution in [0.4, 0.5) is 0 Å². The fraction of sp³-hybridized carbons (Fsp3) is 0.500. The number of carboxylic acids is 1. The van der Waals surface area contributed by atoms with E-state index < -0.39 is 5.97 Å². The highest BCUT2D eigenvalue weighted by molar-refractivity contribution is 5.77. The van der Waals surface area contributed by atoms with Gasteiger partial charge in [-0.3, -0.25) is 9.59 Å². The van der Waals surface area contributed by atoms with Crippen LogP contribution in [-0.4, -0.2) is 35.5 Å². The molecule has 1 N–H and O–H groups in total. The van der Waals surface area contributed by atoms with E-state index in [1.807, 2.05) is 18.2 Å². The Bertz CT molecular complexity index is 466. The summed E-state index contributed by atoms with van der Waals surface area (Å²) in [6.45, 7) is 0.295. The molecule has 0 bridgehead atoms. The van der Waals surface area contributed by atoms with Crippen LogP contribution < -0.4 is 0 Å². The first kappa shape index (κ1) is 14.6. The van der Waals surface area contributed by atoms with Gasteiger partial charge in [-0.15, -0.1) is 0 Å². The van der Waals surface area contributed by atoms with Crippen molar-refractivity contribution in [3.63, 3.8) is 0 Å². The summed E-state index contributed by atoms with van der Waals surface area (Å²) < 4.78 is 0. The number of carbonyl (C=O) groups excluding carboxylic acids is 1. The molecule has 1 aromatic carbocycles. The first-order valence-electron chi connectivity index (χ1n) is 7.07. The van der Waals surface area contributed by atoms with E-state index in [-0.39, 0.29) is 12.3 Å². The number of benzene rings is 1. The Balaban J connectivity index is 1.71. The molecule has 0 atom stereocenters. The molecular formula is C16H21NO3. The summed E-state index contributed by atoms with van der Waals surface area (Å²) in [6, 6.07) is 10.4. The minimum absolute atomic E-state index is 0.0134. The van der Waals surface area contributed by atoms with Crippen molar-refractivity contribution in [2.45, 2.75) is 31.6 Å². The van der Waals surface area contributed by atoms with Gasteiger partial charge in [0.1, 0.15) is 0 Å². The number of hydrogen-bond donors (Lipinski definition) is 1. The average Bonchev–Trinajstić information content (AvgIpc) is 2.40. The molecule has 108 valence electrons. The first-order chi connectivity index (χ1) is 9.56. The van der Waals surface area contributed by atoms with Gasteiger partial charge in [0.05, 0.1) is 6.42 Å². The molecule has 0 radical (unpaired) electrons. The number of carboxylic acid groups (broad SMARTS) is 1. The highest BCUT2D eigenvalue weighted by Crippen LogP contribution is 2.43. The molecule has 1 saturated carbocycles. The molecule has 1 aromatic rings. The lowest BCUT2D eigenvalue weighted by molar-refractivity contribution is -0.138. The van der Waals surface area contributed by atoms with Crippen molar-refractivity contribution < 1.29 is 14.7 Å². The van der Waals surface area contributed by atoms with Gasteiger partial charge in [0.15, 0.2) is 0 Å². The van der Waals surface area contributed by atoms with Crippen LogP contribution in [0.3, 0.4) is 0 Å². The number of carbonyl (C=O) groups is 2. The van der Waals surface area contributed by atoms with Gasteiger partial charge < -0.3 is 10.0 Å². The minimum atomic E-state index is -0.863. The second kappa shape index (κ2) is 6.55. The first-order valence-corrected chi connectivity index (χ1v) is 7.07. The lowest BCUT2D eigenvalue weighted by atomic mass is 9.70. The Hall–Kier alpha value is -1.84. The Morgan fingerprint density at radius 1 is 1.25 bits per heavy atom. The number of amides is 1. The summed E-state index contributed by atoms with van der Waals surface area (Å²) in [4.78, 5) is 23.9. The standard InChI is InChI=1S/C16H21NO3/c1-17(8-7-16(19)20)15(18)11-12-9-14(10-12)13-5-3-2-4-6-13/h2-6,12,14H,7-11H2,1H3,(H,19,20). The third-order valence-electron chi connectivity index (χ3n) is 4.06. The van der Waals surface area contributed by atoms with Gasteiger partial charge in [0.2, 0.25) is 5.91 Å². The molecule has 1 aliphatic carbocycles. The molecular weight excluding hydrogens is 254 g/mol. The van der Waals surface area contributed by atoms with Crippen LogP contribution in [0.15, 0.2) is 30.3 Å². The Morgan fingerprint density at radius 3 is 2.50 bits per heavy atom. The predicted molar refractivity (Wildman–Crippen MR) is 76.4 cm³/mol. The van der Waals surface area contributed by atoms with Crippen LogP contribution in [0.25, 0.3) is 0 Å². The largest absolute Gasteiger partial charge is 0.481 e. The van der Waals surface area contributed by atoms with Gasteiger partial charge in [-0.05, 0) is 30.2 Å². The summed E-state index contributed by atoms with van der Waals surface area (Å²) in [5.74, 6) is 0.221. The smallest absolute Gasteiger partial charge is 0.305 e. The molecule has 0 unspecified atom stereocenters. The molecule has 0 heterocycles. The molecule has 2 rings (SSSR count). The van der Waals surface area contributed by atoms with Gasteiger partial charge in [-0.1, -0.05) is 30.3 Å². The van der Waals surface area contributed by atoms with Crippen molar-refractivity contribution in [1.29, 1.82) is 0 Å². The Kier molecular flexibility index (Phi) is 4.77. The SMILES string of the molecule is CN(CCC(=O)O)C(=O)CC1CC(c2ccccc2)C1. The third-order valence-corrected chi connectivity index (χ3v) is 4.06. The molecule has 0 spiro atoms. The van der Waals surface area contributed by atoms with E-state index in [0.29, 0.717) is 24.8 Å². The Morgan fingerprint density at radius 2 is 1.90 bits per heavy atom. The molecule has 0 saturated heterocycles. The van der Waals surface area contributed by atoms with Crippen molar-refractivity contribution in [3.05, 3.63) is 35.9 Å². The lowest BCUT2D eigenvalue weighted by Crippen LogP contribution is -2.33. The fourth-order valence-electron chi connectivity index (χ4n) is 2.69. The molecule has 1 fully saturated rings. The van der Waals surface area contributed by atoms with Crippen molar-refractivity contribution >= 4 is 11.9 Å². The fourth-order valence-corrected chi connectivity index (χ4v) is 2.69. The zero-order valence-corrected chi connectivity index (χ0v) is 11.8. The summed E-state index contributed by atoms with van der Waals surface area (Å²) >= 11 is 0. The highest BCUT2D eigenvalue weighted by atomic mass is 16.4. The van der Waals surface area contributed by atoms with Gasteiger partial charge in [-0.25, -0.2) is 0 Å². The van der Waals surface area contributed by atoms with Crippen LogP contribution in [-0.2, 0) is 9.59 Å². The van der Waals surface area contributed by atoms with Crippen LogP contribution in [0.2, 0.25) is 0 Å². The second-order valence-corrected chi connectivity index (χ2v) is 5.61. The summed E-state index contributed by atoms with van der Waals surface area (Å²) in [5.41, 5.74) is 1.36. The van der Waals surface area contributed by atoms with Gasteiger partial charge in [0.25, 0.3) is 0 Å². The molecule has 4 nitrogen and oxygen atoms in total. The maximum Gasteiger partial charge on any atom is 0.305 e. The monoisotopic (exact) mass is 275 g/mol. The highest BCUT2D eigenvalue weighted by Gasteiger charge is 2.32. The van der Waals surface area contributed by atoms with E-state index in [2.05, 4.69) is 12.1 Å². The van der Waals surface area contributed by atoms with E-state index in [9.17, 15) is 9.59 Å². The zero-order chi connectivity index (χ0) is 14.5. The quantitative estimate of drug-likeness (QED) is 0.867. The summed E-state index contributed by atoms with van der Waals surface area (Å²) in [7, 11) is 1.68. The summed E-state index contributed by atoms with van der Waals surface area (Å²) in [6.07, 6.45) is 2.67. The topological polar surface area (TPSA) is 57.6 Å². The molecule has 1 aliphatic rings. The van der Waals surface area contributed by atoms with Crippen molar-refractivity contribution in [2.75, 3.05) is 13.6 Å². The van der Waals surface area contributed by atoms with Crippen molar-refractivity contribution in [3.8, 4) is 0 Å². The van der Waals surface area contributed by atoms with E-state index in [1.54, 1.807) is 7.05 Å². The molecule has 0 aromatic heterocycles. The maximum absolute atomic E-state index is 11.9. The second-order valence-electron chi connectivity index (χ2n) is 5.61. The van der Waals surface area contributed by atoms with Crippen molar-refractivity contribution in [2.24, 2.45) is 5.92 Å². The normalized spacial score (nSPS) is 21.1. The van der Waals surface area contributed by atoms with Gasteiger partial charge >= 0.3 is 5.97 Å². The van der Waals surface area contributed by atoms with E-state index in [0.717, 1.165) is 12.8 Å². The summed E-state index contributed by atoms with van der Waals surface area (Å²) in [5, 5.41) is 8.61. The average molecular weight is 275 g/mol. The molecule has 0 aliphatic heterocycles.